The van der Waals surface area contributed by atoms with Crippen LogP contribution in [0.3, 0.4) is 0 Å². The molecule has 2 N–H and O–H groups in total. The van der Waals surface area contributed by atoms with Crippen LogP contribution < -0.4 is 5.32 Å². The number of β-amino-alcohol motifs (C(OH)–C–C–N with tert-alkyl or cyclic N) is 1. The Hall–Kier alpha value is -2.33. The van der Waals surface area contributed by atoms with E-state index in [1.807, 2.05) is 24.3 Å². The van der Waals surface area contributed by atoms with Crippen LogP contribution in [-0.2, 0) is 19.1 Å². The van der Waals surface area contributed by atoms with Gasteiger partial charge in [-0.05, 0) is 62.4 Å². The molecule has 1 aliphatic carbocycles. The predicted octanol–water partition coefficient (Wildman–Crippen LogP) is 1.09. The zero-order valence-corrected chi connectivity index (χ0v) is 21.0. The van der Waals surface area contributed by atoms with Crippen LogP contribution in [0.4, 0.5) is 0 Å². The molecule has 0 radical (unpaired) electrons. The highest BCUT2D eigenvalue weighted by molar-refractivity contribution is 6.01. The third-order valence-electron chi connectivity index (χ3n) is 8.48. The van der Waals surface area contributed by atoms with Gasteiger partial charge in [-0.1, -0.05) is 25.0 Å². The number of carbonyl (C=O) groups is 3. The Labute approximate surface area is 212 Å². The Morgan fingerprint density at radius 2 is 1.86 bits per heavy atom. The fourth-order valence-corrected chi connectivity index (χ4v) is 6.39. The van der Waals surface area contributed by atoms with E-state index < -0.39 is 23.8 Å². The average Bonchev–Trinajstić information content (AvgIpc) is 3.61. The van der Waals surface area contributed by atoms with E-state index in [-0.39, 0.29) is 30.7 Å². The van der Waals surface area contributed by atoms with Crippen molar-refractivity contribution in [1.82, 2.24) is 15.1 Å². The molecule has 1 aromatic carbocycles. The molecule has 0 unspecified atom stereocenters. The SMILES string of the molecule is COCCN1CCC(c2ccc(C(=O)NC3(C(=O)N4C[C@@H](O)[C@H]5OCC(=O)[C@H]54)CCCC3)cc2)CC1. The molecule has 36 heavy (non-hydrogen) atoms. The molecule has 0 bridgehead atoms. The summed E-state index contributed by atoms with van der Waals surface area (Å²) in [6.45, 7) is 3.76. The van der Waals surface area contributed by atoms with Gasteiger partial charge in [-0.25, -0.2) is 0 Å². The molecule has 0 spiro atoms. The molecule has 2 amide bonds. The van der Waals surface area contributed by atoms with Gasteiger partial charge < -0.3 is 29.7 Å². The van der Waals surface area contributed by atoms with Crippen molar-refractivity contribution in [2.75, 3.05) is 46.5 Å². The number of aliphatic hydroxyl groups excluding tert-OH is 1. The number of ketones is 1. The summed E-state index contributed by atoms with van der Waals surface area (Å²) < 4.78 is 10.6. The van der Waals surface area contributed by atoms with Gasteiger partial charge >= 0.3 is 0 Å². The Morgan fingerprint density at radius 3 is 2.53 bits per heavy atom. The third kappa shape index (κ3) is 4.81. The van der Waals surface area contributed by atoms with E-state index in [9.17, 15) is 19.5 Å². The van der Waals surface area contributed by atoms with Crippen LogP contribution in [0.1, 0.15) is 60.4 Å². The minimum Gasteiger partial charge on any atom is -0.388 e. The number of nitrogens with one attached hydrogen (secondary N) is 1. The zero-order valence-electron chi connectivity index (χ0n) is 21.0. The summed E-state index contributed by atoms with van der Waals surface area (Å²) in [7, 11) is 1.73. The van der Waals surface area contributed by atoms with Crippen molar-refractivity contribution in [2.24, 2.45) is 0 Å². The summed E-state index contributed by atoms with van der Waals surface area (Å²) in [6, 6.07) is 6.99. The first-order valence-corrected chi connectivity index (χ1v) is 13.2. The van der Waals surface area contributed by atoms with Crippen LogP contribution in [0.25, 0.3) is 0 Å². The molecule has 4 fully saturated rings. The van der Waals surface area contributed by atoms with Crippen LogP contribution in [0.15, 0.2) is 24.3 Å². The highest BCUT2D eigenvalue weighted by Gasteiger charge is 2.56. The summed E-state index contributed by atoms with van der Waals surface area (Å²) in [5.74, 6) is -0.277. The van der Waals surface area contributed by atoms with E-state index in [2.05, 4.69) is 10.2 Å². The van der Waals surface area contributed by atoms with Crippen molar-refractivity contribution >= 4 is 17.6 Å². The molecule has 5 rings (SSSR count). The van der Waals surface area contributed by atoms with Crippen LogP contribution in [-0.4, -0.2) is 103 Å². The Kier molecular flexibility index (Phi) is 7.44. The molecule has 3 atom stereocenters. The standard InChI is InChI=1S/C27H37N3O6/c1-35-15-14-29-12-8-19(9-13-29)18-4-6-20(7-5-18)25(33)28-27(10-2-3-11-27)26(34)30-16-21(31)24-23(30)22(32)17-36-24/h4-7,19,21,23-24,31H,2-3,8-17H2,1H3,(H,28,33)/t21-,23-,24-/m1/s1. The van der Waals surface area contributed by atoms with E-state index in [4.69, 9.17) is 9.47 Å². The second-order valence-corrected chi connectivity index (χ2v) is 10.7. The lowest BCUT2D eigenvalue weighted by molar-refractivity contribution is -0.142. The molecule has 9 nitrogen and oxygen atoms in total. The maximum Gasteiger partial charge on any atom is 0.252 e. The summed E-state index contributed by atoms with van der Waals surface area (Å²) in [5, 5.41) is 13.4. The number of nitrogens with zero attached hydrogens (tertiary/aromatic N) is 2. The number of rotatable bonds is 7. The van der Waals surface area contributed by atoms with Crippen molar-refractivity contribution in [3.8, 4) is 0 Å². The first-order chi connectivity index (χ1) is 17.4. The third-order valence-corrected chi connectivity index (χ3v) is 8.48. The van der Waals surface area contributed by atoms with Crippen molar-refractivity contribution in [1.29, 1.82) is 0 Å². The van der Waals surface area contributed by atoms with Gasteiger partial charge in [-0.15, -0.1) is 0 Å². The molecule has 0 aromatic heterocycles. The number of carbonyl (C=O) groups excluding carboxylic acids is 3. The molecular weight excluding hydrogens is 462 g/mol. The lowest BCUT2D eigenvalue weighted by Gasteiger charge is -2.35. The van der Waals surface area contributed by atoms with Gasteiger partial charge in [0.15, 0.2) is 5.78 Å². The number of likely N-dealkylation sites (tertiary alicyclic amines) is 2. The first kappa shape index (κ1) is 25.3. The Morgan fingerprint density at radius 1 is 1.17 bits per heavy atom. The number of Topliss-reactive ketones (excluding diaryl/α,β-unsaturated/α-hetero) is 1. The summed E-state index contributed by atoms with van der Waals surface area (Å²) in [4.78, 5) is 43.2. The van der Waals surface area contributed by atoms with E-state index in [1.54, 1.807) is 7.11 Å². The predicted molar refractivity (Wildman–Crippen MR) is 132 cm³/mol. The molecule has 9 heteroatoms. The number of hydrogen-bond donors (Lipinski definition) is 2. The first-order valence-electron chi connectivity index (χ1n) is 13.2. The van der Waals surface area contributed by atoms with Gasteiger partial charge in [0.2, 0.25) is 5.91 Å². The molecule has 1 saturated carbocycles. The molecule has 3 heterocycles. The summed E-state index contributed by atoms with van der Waals surface area (Å²) in [6.07, 6.45) is 3.30. The molecule has 3 saturated heterocycles. The number of aliphatic hydroxyl groups is 1. The maximum absolute atomic E-state index is 13.7. The number of fused-ring (bicyclic) bond motifs is 1. The number of ether oxygens (including phenoxy) is 2. The number of methoxy groups -OCH3 is 1. The Bertz CT molecular complexity index is 968. The lowest BCUT2D eigenvalue weighted by Crippen LogP contribution is -2.60. The quantitative estimate of drug-likeness (QED) is 0.578. The molecule has 4 aliphatic rings. The monoisotopic (exact) mass is 499 g/mol. The normalized spacial score (nSPS) is 28.4. The lowest BCUT2D eigenvalue weighted by atomic mass is 9.88. The smallest absolute Gasteiger partial charge is 0.252 e. The van der Waals surface area contributed by atoms with Gasteiger partial charge in [0.1, 0.15) is 30.4 Å². The fourth-order valence-electron chi connectivity index (χ4n) is 6.39. The van der Waals surface area contributed by atoms with E-state index in [1.165, 1.54) is 10.5 Å². The van der Waals surface area contributed by atoms with Crippen LogP contribution in [0.2, 0.25) is 0 Å². The van der Waals surface area contributed by atoms with Crippen molar-refractivity contribution in [2.45, 2.75) is 68.2 Å². The fraction of sp³-hybridized carbons (Fsp3) is 0.667. The minimum atomic E-state index is -1.05. The highest BCUT2D eigenvalue weighted by atomic mass is 16.5. The number of hydrogen-bond acceptors (Lipinski definition) is 7. The minimum absolute atomic E-state index is 0.0521. The van der Waals surface area contributed by atoms with Crippen LogP contribution >= 0.6 is 0 Å². The number of amides is 2. The number of benzene rings is 1. The topological polar surface area (TPSA) is 108 Å². The van der Waals surface area contributed by atoms with Crippen molar-refractivity contribution < 1.29 is 29.0 Å². The number of piperidine rings is 1. The van der Waals surface area contributed by atoms with Crippen LogP contribution in [0, 0.1) is 0 Å². The van der Waals surface area contributed by atoms with Gasteiger partial charge in [-0.2, -0.15) is 0 Å². The largest absolute Gasteiger partial charge is 0.388 e. The molecular formula is C27H37N3O6. The van der Waals surface area contributed by atoms with Crippen molar-refractivity contribution in [3.05, 3.63) is 35.4 Å². The van der Waals surface area contributed by atoms with Gasteiger partial charge in [0.05, 0.1) is 13.2 Å². The molecule has 1 aromatic rings. The van der Waals surface area contributed by atoms with E-state index >= 15 is 0 Å². The van der Waals surface area contributed by atoms with Crippen LogP contribution in [0.5, 0.6) is 0 Å². The highest BCUT2D eigenvalue weighted by Crippen LogP contribution is 2.36. The van der Waals surface area contributed by atoms with Gasteiger partial charge in [0.25, 0.3) is 5.91 Å². The van der Waals surface area contributed by atoms with E-state index in [0.717, 1.165) is 51.9 Å². The summed E-state index contributed by atoms with van der Waals surface area (Å²) >= 11 is 0. The summed E-state index contributed by atoms with van der Waals surface area (Å²) in [5.41, 5.74) is 0.707. The zero-order chi connectivity index (χ0) is 25.3. The second-order valence-electron chi connectivity index (χ2n) is 10.7. The maximum atomic E-state index is 13.7. The van der Waals surface area contributed by atoms with Gasteiger partial charge in [-0.3, -0.25) is 14.4 Å². The van der Waals surface area contributed by atoms with Crippen molar-refractivity contribution in [3.63, 3.8) is 0 Å². The molecule has 3 aliphatic heterocycles. The molecule has 196 valence electrons. The van der Waals surface area contributed by atoms with Gasteiger partial charge in [0, 0.05) is 19.2 Å². The Balaban J connectivity index is 1.24. The average molecular weight is 500 g/mol. The van der Waals surface area contributed by atoms with E-state index in [0.29, 0.717) is 24.3 Å². The second kappa shape index (κ2) is 10.6.